The Kier molecular flexibility index (Phi) is 7.21. The van der Waals surface area contributed by atoms with Gasteiger partial charge in [0.1, 0.15) is 17.9 Å². The number of nitrogens with one attached hydrogen (secondary N) is 2. The van der Waals surface area contributed by atoms with Crippen molar-refractivity contribution in [3.63, 3.8) is 0 Å². The molecule has 2 aromatic heterocycles. The summed E-state index contributed by atoms with van der Waals surface area (Å²) in [5.41, 5.74) is 4.49. The maximum Gasteiger partial charge on any atom is 0.247 e. The second kappa shape index (κ2) is 10.5. The molecule has 3 N–H and O–H groups in total. The van der Waals surface area contributed by atoms with Gasteiger partial charge in [-0.05, 0) is 32.3 Å². The van der Waals surface area contributed by atoms with Crippen molar-refractivity contribution in [2.24, 2.45) is 7.05 Å². The number of rotatable bonds is 9. The molecule has 0 saturated carbocycles. The molecule has 0 saturated heterocycles. The average Bonchev–Trinajstić information content (AvgIpc) is 3.21. The van der Waals surface area contributed by atoms with Gasteiger partial charge in [-0.25, -0.2) is 9.97 Å². The summed E-state index contributed by atoms with van der Waals surface area (Å²) in [7, 11) is 7.90. The van der Waals surface area contributed by atoms with Gasteiger partial charge in [0.2, 0.25) is 5.91 Å². The second-order valence-electron chi connectivity index (χ2n) is 8.89. The Morgan fingerprint density at radius 1 is 1.11 bits per heavy atom. The summed E-state index contributed by atoms with van der Waals surface area (Å²) in [6.45, 7) is 5.06. The summed E-state index contributed by atoms with van der Waals surface area (Å²) in [4.78, 5) is 25.0. The highest BCUT2D eigenvalue weighted by Gasteiger charge is 2.16. The maximum absolute atomic E-state index is 12.1. The van der Waals surface area contributed by atoms with Crippen molar-refractivity contribution >= 4 is 39.7 Å². The Morgan fingerprint density at radius 2 is 1.89 bits per heavy atom. The highest BCUT2D eigenvalue weighted by molar-refractivity contribution is 6.02. The van der Waals surface area contributed by atoms with Crippen molar-refractivity contribution in [1.82, 2.24) is 19.4 Å². The van der Waals surface area contributed by atoms with Crippen molar-refractivity contribution in [3.8, 4) is 17.0 Å². The summed E-state index contributed by atoms with van der Waals surface area (Å²) < 4.78 is 2.06. The number of phenols is 1. The number of aryl methyl sites for hydroxylation is 1. The molecule has 0 radical (unpaired) electrons. The number of amides is 1. The van der Waals surface area contributed by atoms with Crippen LogP contribution >= 0.6 is 0 Å². The number of aromatic nitrogens is 3. The number of fused-ring (bicyclic) bond motifs is 1. The number of likely N-dealkylation sites (N-methyl/N-ethyl adjacent to an activating group) is 2. The normalized spacial score (nSPS) is 11.0. The summed E-state index contributed by atoms with van der Waals surface area (Å²) in [5, 5.41) is 18.0. The molecule has 9 nitrogen and oxygen atoms in total. The van der Waals surface area contributed by atoms with E-state index in [1.807, 2.05) is 57.5 Å². The van der Waals surface area contributed by atoms with E-state index >= 15 is 0 Å². The average molecular weight is 486 g/mol. The molecule has 0 unspecified atom stereocenters. The van der Waals surface area contributed by atoms with Crippen LogP contribution in [0.2, 0.25) is 0 Å². The van der Waals surface area contributed by atoms with E-state index in [1.165, 1.54) is 12.4 Å². The molecule has 186 valence electrons. The third kappa shape index (κ3) is 5.31. The summed E-state index contributed by atoms with van der Waals surface area (Å²) in [6.07, 6.45) is 4.74. The molecule has 0 aliphatic rings. The first-order chi connectivity index (χ1) is 17.3. The summed E-state index contributed by atoms with van der Waals surface area (Å²) >= 11 is 0. The van der Waals surface area contributed by atoms with Crippen molar-refractivity contribution in [3.05, 3.63) is 67.6 Å². The molecule has 0 fully saturated rings. The van der Waals surface area contributed by atoms with E-state index in [9.17, 15) is 9.90 Å². The lowest BCUT2D eigenvalue weighted by molar-refractivity contribution is -0.111. The first-order valence-corrected chi connectivity index (χ1v) is 11.6. The number of para-hydroxylation sites is 1. The van der Waals surface area contributed by atoms with Gasteiger partial charge in [-0.2, -0.15) is 0 Å². The largest absolute Gasteiger partial charge is 0.506 e. The molecule has 1 amide bonds. The topological polar surface area (TPSA) is 98.5 Å². The standard InChI is InChI=1S/C27H31N7O2/c1-6-27(36)31-21-13-22(25(35)15-24(21)33(4)12-11-32(2)3)30-26-14-20(28-17-29-26)19-16-34(5)23-10-8-7-9-18(19)23/h6-10,13-17,35H,1,11-12H2,2-5H3,(H,31,36)(H,28,29,30). The van der Waals surface area contributed by atoms with Crippen LogP contribution in [-0.4, -0.2) is 64.7 Å². The van der Waals surface area contributed by atoms with Gasteiger partial charge in [-0.1, -0.05) is 24.8 Å². The van der Waals surface area contributed by atoms with Crippen molar-refractivity contribution in [2.45, 2.75) is 0 Å². The van der Waals surface area contributed by atoms with Crippen LogP contribution in [0.1, 0.15) is 0 Å². The van der Waals surface area contributed by atoms with Gasteiger partial charge < -0.3 is 30.1 Å². The third-order valence-electron chi connectivity index (χ3n) is 5.95. The predicted molar refractivity (Wildman–Crippen MR) is 146 cm³/mol. The Hall–Kier alpha value is -4.37. The Bertz CT molecular complexity index is 1410. The molecule has 2 aromatic carbocycles. The molecule has 0 aliphatic heterocycles. The SMILES string of the molecule is C=CC(=O)Nc1cc(Nc2cc(-c3cn(C)c4ccccc34)ncn2)c(O)cc1N(C)CCN(C)C. The van der Waals surface area contributed by atoms with E-state index in [0.717, 1.165) is 28.7 Å². The maximum atomic E-state index is 12.1. The highest BCUT2D eigenvalue weighted by atomic mass is 16.3. The smallest absolute Gasteiger partial charge is 0.247 e. The third-order valence-corrected chi connectivity index (χ3v) is 5.95. The predicted octanol–water partition coefficient (Wildman–Crippen LogP) is 4.21. The number of hydrogen-bond acceptors (Lipinski definition) is 7. The van der Waals surface area contributed by atoms with Gasteiger partial charge >= 0.3 is 0 Å². The number of aromatic hydroxyl groups is 1. The van der Waals surface area contributed by atoms with Gasteiger partial charge in [0, 0.05) is 62.0 Å². The van der Waals surface area contributed by atoms with E-state index in [0.29, 0.717) is 29.4 Å². The lowest BCUT2D eigenvalue weighted by Gasteiger charge is -2.25. The van der Waals surface area contributed by atoms with Crippen LogP contribution < -0.4 is 15.5 Å². The molecule has 0 aliphatic carbocycles. The first-order valence-electron chi connectivity index (χ1n) is 11.6. The lowest BCUT2D eigenvalue weighted by Crippen LogP contribution is -2.29. The van der Waals surface area contributed by atoms with E-state index in [-0.39, 0.29) is 11.7 Å². The van der Waals surface area contributed by atoms with E-state index < -0.39 is 0 Å². The number of nitrogens with zero attached hydrogens (tertiary/aromatic N) is 5. The van der Waals surface area contributed by atoms with Gasteiger partial charge in [0.05, 0.1) is 22.8 Å². The van der Waals surface area contributed by atoms with Crippen LogP contribution in [0.4, 0.5) is 22.9 Å². The van der Waals surface area contributed by atoms with Gasteiger partial charge in [-0.3, -0.25) is 4.79 Å². The van der Waals surface area contributed by atoms with Crippen LogP contribution in [0.15, 0.2) is 67.6 Å². The quantitative estimate of drug-likeness (QED) is 0.186. The lowest BCUT2D eigenvalue weighted by atomic mass is 10.1. The monoisotopic (exact) mass is 485 g/mol. The number of carbonyl (C=O) groups excluding carboxylic acids is 1. The van der Waals surface area contributed by atoms with Crippen molar-refractivity contribution < 1.29 is 9.90 Å². The zero-order chi connectivity index (χ0) is 25.8. The molecule has 9 heteroatoms. The fourth-order valence-electron chi connectivity index (χ4n) is 4.00. The first kappa shape index (κ1) is 24.7. The highest BCUT2D eigenvalue weighted by Crippen LogP contribution is 2.38. The van der Waals surface area contributed by atoms with E-state index in [4.69, 9.17) is 0 Å². The van der Waals surface area contributed by atoms with Crippen LogP contribution in [0.5, 0.6) is 5.75 Å². The molecule has 4 rings (SSSR count). The molecular formula is C27H31N7O2. The fourth-order valence-corrected chi connectivity index (χ4v) is 4.00. The minimum atomic E-state index is -0.339. The molecular weight excluding hydrogens is 454 g/mol. The number of hydrogen-bond donors (Lipinski definition) is 3. The minimum absolute atomic E-state index is 0.0311. The summed E-state index contributed by atoms with van der Waals surface area (Å²) in [6, 6.07) is 13.3. The number of benzene rings is 2. The molecule has 2 heterocycles. The Balaban J connectivity index is 1.67. The fraction of sp³-hybridized carbons (Fsp3) is 0.222. The zero-order valence-corrected chi connectivity index (χ0v) is 21.0. The number of anilines is 4. The number of carbonyl (C=O) groups is 1. The molecule has 4 aromatic rings. The number of phenolic OH excluding ortho intramolecular Hbond substituents is 1. The molecule has 0 bridgehead atoms. The van der Waals surface area contributed by atoms with Crippen LogP contribution in [-0.2, 0) is 11.8 Å². The zero-order valence-electron chi connectivity index (χ0n) is 21.0. The minimum Gasteiger partial charge on any atom is -0.506 e. The molecule has 36 heavy (non-hydrogen) atoms. The van der Waals surface area contributed by atoms with Crippen molar-refractivity contribution in [1.29, 1.82) is 0 Å². The Morgan fingerprint density at radius 3 is 2.64 bits per heavy atom. The Labute approximate surface area is 210 Å². The molecule has 0 atom stereocenters. The van der Waals surface area contributed by atoms with Gasteiger partial charge in [0.25, 0.3) is 0 Å². The van der Waals surface area contributed by atoms with Gasteiger partial charge in [-0.15, -0.1) is 0 Å². The van der Waals surface area contributed by atoms with E-state index in [2.05, 4.69) is 48.8 Å². The van der Waals surface area contributed by atoms with Crippen LogP contribution in [0.25, 0.3) is 22.2 Å². The van der Waals surface area contributed by atoms with Gasteiger partial charge in [0.15, 0.2) is 0 Å². The van der Waals surface area contributed by atoms with Crippen molar-refractivity contribution in [2.75, 3.05) is 49.8 Å². The summed E-state index contributed by atoms with van der Waals surface area (Å²) in [5.74, 6) is 0.204. The second-order valence-corrected chi connectivity index (χ2v) is 8.89. The van der Waals surface area contributed by atoms with Crippen LogP contribution in [0.3, 0.4) is 0 Å². The van der Waals surface area contributed by atoms with E-state index in [1.54, 1.807) is 12.1 Å². The van der Waals surface area contributed by atoms with Crippen LogP contribution in [0, 0.1) is 0 Å². The molecule has 0 spiro atoms.